The molecular formula is C19H28ClN3O3S. The summed E-state index contributed by atoms with van der Waals surface area (Å²) in [6.07, 6.45) is 6.57. The molecule has 1 saturated heterocycles. The van der Waals surface area contributed by atoms with E-state index in [0.29, 0.717) is 25.0 Å². The largest absolute Gasteiger partial charge is 0.310 e. The first-order valence-corrected chi connectivity index (χ1v) is 11.2. The highest BCUT2D eigenvalue weighted by molar-refractivity contribution is 7.89. The van der Waals surface area contributed by atoms with Gasteiger partial charge in [-0.15, -0.1) is 12.4 Å². The maximum atomic E-state index is 13.1. The summed E-state index contributed by atoms with van der Waals surface area (Å²) in [5, 5.41) is 3.54. The topological polar surface area (TPSA) is 78.5 Å². The van der Waals surface area contributed by atoms with Crippen LogP contribution in [0.4, 0.5) is 5.69 Å². The summed E-state index contributed by atoms with van der Waals surface area (Å²) in [6.45, 7) is 2.73. The number of hydrogen-bond donors (Lipinski definition) is 2. The van der Waals surface area contributed by atoms with E-state index in [2.05, 4.69) is 10.0 Å². The van der Waals surface area contributed by atoms with Gasteiger partial charge in [-0.25, -0.2) is 13.1 Å². The fourth-order valence-corrected chi connectivity index (χ4v) is 5.79. The van der Waals surface area contributed by atoms with Gasteiger partial charge in [0.15, 0.2) is 0 Å². The molecule has 150 valence electrons. The molecule has 1 amide bonds. The van der Waals surface area contributed by atoms with Crippen LogP contribution in [0.3, 0.4) is 0 Å². The van der Waals surface area contributed by atoms with Gasteiger partial charge in [0.2, 0.25) is 15.9 Å². The van der Waals surface area contributed by atoms with E-state index < -0.39 is 10.0 Å². The van der Waals surface area contributed by atoms with Crippen LogP contribution in [0.25, 0.3) is 0 Å². The SMILES string of the molecule is CCNS(=O)(=O)c1ccc2c(c1)N(C(=O)C1CC3CCCCC3N1)CC2.Cl. The first-order valence-electron chi connectivity index (χ1n) is 9.69. The molecule has 0 spiro atoms. The van der Waals surface area contributed by atoms with E-state index in [1.54, 1.807) is 24.0 Å². The Morgan fingerprint density at radius 1 is 1.30 bits per heavy atom. The average Bonchev–Trinajstić information content (AvgIpc) is 3.24. The van der Waals surface area contributed by atoms with Gasteiger partial charge < -0.3 is 10.2 Å². The number of nitrogens with one attached hydrogen (secondary N) is 2. The van der Waals surface area contributed by atoms with Crippen LogP contribution in [0.5, 0.6) is 0 Å². The van der Waals surface area contributed by atoms with Crippen molar-refractivity contribution in [2.45, 2.75) is 62.4 Å². The summed E-state index contributed by atoms with van der Waals surface area (Å²) in [4.78, 5) is 15.2. The lowest BCUT2D eigenvalue weighted by atomic mass is 9.85. The second kappa shape index (κ2) is 8.07. The van der Waals surface area contributed by atoms with Crippen molar-refractivity contribution in [2.24, 2.45) is 5.92 Å². The molecule has 1 saturated carbocycles. The van der Waals surface area contributed by atoms with Crippen molar-refractivity contribution in [1.82, 2.24) is 10.0 Å². The van der Waals surface area contributed by atoms with Crippen LogP contribution >= 0.6 is 12.4 Å². The Balaban J connectivity index is 0.00000210. The van der Waals surface area contributed by atoms with Crippen LogP contribution in [0.2, 0.25) is 0 Å². The third-order valence-corrected chi connectivity index (χ3v) is 7.57. The van der Waals surface area contributed by atoms with Gasteiger partial charge in [0, 0.05) is 24.8 Å². The Kier molecular flexibility index (Phi) is 6.15. The Morgan fingerprint density at radius 3 is 2.81 bits per heavy atom. The van der Waals surface area contributed by atoms with Crippen LogP contribution in [-0.4, -0.2) is 39.5 Å². The van der Waals surface area contributed by atoms with Crippen molar-refractivity contribution < 1.29 is 13.2 Å². The molecule has 3 atom stereocenters. The monoisotopic (exact) mass is 413 g/mol. The number of sulfonamides is 1. The van der Waals surface area contributed by atoms with E-state index >= 15 is 0 Å². The number of benzene rings is 1. The number of carbonyl (C=O) groups is 1. The highest BCUT2D eigenvalue weighted by Crippen LogP contribution is 2.36. The summed E-state index contributed by atoms with van der Waals surface area (Å²) in [5.74, 6) is 0.705. The van der Waals surface area contributed by atoms with Gasteiger partial charge in [0.05, 0.1) is 10.9 Å². The molecule has 0 radical (unpaired) electrons. The number of nitrogens with zero attached hydrogens (tertiary/aromatic N) is 1. The molecule has 6 nitrogen and oxygen atoms in total. The lowest BCUT2D eigenvalue weighted by Gasteiger charge is -2.24. The second-order valence-electron chi connectivity index (χ2n) is 7.64. The second-order valence-corrected chi connectivity index (χ2v) is 9.40. The van der Waals surface area contributed by atoms with E-state index in [-0.39, 0.29) is 29.3 Å². The van der Waals surface area contributed by atoms with Crippen LogP contribution in [0.15, 0.2) is 23.1 Å². The highest BCUT2D eigenvalue weighted by Gasteiger charge is 2.41. The zero-order valence-electron chi connectivity index (χ0n) is 15.6. The predicted octanol–water partition coefficient (Wildman–Crippen LogP) is 2.22. The van der Waals surface area contributed by atoms with Crippen molar-refractivity contribution in [3.8, 4) is 0 Å². The summed E-state index contributed by atoms with van der Waals surface area (Å²) < 4.78 is 27.1. The van der Waals surface area contributed by atoms with Crippen molar-refractivity contribution in [1.29, 1.82) is 0 Å². The van der Waals surface area contributed by atoms with Crippen LogP contribution in [0.1, 0.15) is 44.6 Å². The van der Waals surface area contributed by atoms with E-state index in [9.17, 15) is 13.2 Å². The molecule has 3 aliphatic rings. The predicted molar refractivity (Wildman–Crippen MR) is 108 cm³/mol. The molecule has 2 heterocycles. The Labute approximate surface area is 167 Å². The maximum Gasteiger partial charge on any atom is 0.244 e. The quantitative estimate of drug-likeness (QED) is 0.793. The standard InChI is InChI=1S/C19H27N3O3S.ClH/c1-2-20-26(24,25)15-8-7-13-9-10-22(18(13)12-15)19(23)17-11-14-5-3-4-6-16(14)21-17;/h7-8,12,14,16-17,20-21H,2-6,9-11H2,1H3;1H. The molecule has 0 bridgehead atoms. The third kappa shape index (κ3) is 3.88. The number of rotatable bonds is 4. The van der Waals surface area contributed by atoms with Crippen molar-refractivity contribution in [3.05, 3.63) is 23.8 Å². The van der Waals surface area contributed by atoms with E-state index in [4.69, 9.17) is 0 Å². The molecule has 4 rings (SSSR count). The molecule has 0 aromatic heterocycles. The Morgan fingerprint density at radius 2 is 2.07 bits per heavy atom. The maximum absolute atomic E-state index is 13.1. The van der Waals surface area contributed by atoms with E-state index in [1.807, 2.05) is 6.07 Å². The van der Waals surface area contributed by atoms with Gasteiger partial charge in [0.1, 0.15) is 0 Å². The van der Waals surface area contributed by atoms with Crippen LogP contribution < -0.4 is 14.9 Å². The number of halogens is 1. The number of fused-ring (bicyclic) bond motifs is 2. The van der Waals surface area contributed by atoms with Gasteiger partial charge in [-0.1, -0.05) is 25.8 Å². The van der Waals surface area contributed by atoms with Crippen LogP contribution in [0, 0.1) is 5.92 Å². The van der Waals surface area contributed by atoms with Gasteiger partial charge in [-0.2, -0.15) is 0 Å². The van der Waals surface area contributed by atoms with Gasteiger partial charge >= 0.3 is 0 Å². The third-order valence-electron chi connectivity index (χ3n) is 6.02. The minimum absolute atomic E-state index is 0. The summed E-state index contributed by atoms with van der Waals surface area (Å²) in [6, 6.07) is 5.46. The molecular weight excluding hydrogens is 386 g/mol. The summed E-state index contributed by atoms with van der Waals surface area (Å²) >= 11 is 0. The number of anilines is 1. The lowest BCUT2D eigenvalue weighted by molar-refractivity contribution is -0.120. The van der Waals surface area contributed by atoms with Crippen molar-refractivity contribution in [3.63, 3.8) is 0 Å². The molecule has 2 fully saturated rings. The average molecular weight is 414 g/mol. The first-order chi connectivity index (χ1) is 12.5. The molecule has 2 N–H and O–H groups in total. The lowest BCUT2D eigenvalue weighted by Crippen LogP contribution is -2.45. The minimum atomic E-state index is -3.52. The van der Waals surface area contributed by atoms with E-state index in [0.717, 1.165) is 30.5 Å². The molecule has 1 aromatic rings. The smallest absolute Gasteiger partial charge is 0.244 e. The van der Waals surface area contributed by atoms with Crippen LogP contribution in [-0.2, 0) is 21.2 Å². The van der Waals surface area contributed by atoms with Gasteiger partial charge in [0.25, 0.3) is 0 Å². The number of hydrogen-bond acceptors (Lipinski definition) is 4. The van der Waals surface area contributed by atoms with E-state index in [1.165, 1.54) is 19.3 Å². The molecule has 1 aromatic carbocycles. The number of amides is 1. The highest BCUT2D eigenvalue weighted by atomic mass is 35.5. The Bertz CT molecular complexity index is 800. The zero-order valence-corrected chi connectivity index (χ0v) is 17.2. The fraction of sp³-hybridized carbons (Fsp3) is 0.632. The Hall–Kier alpha value is -1.15. The first kappa shape index (κ1) is 20.6. The van der Waals surface area contributed by atoms with Crippen molar-refractivity contribution in [2.75, 3.05) is 18.0 Å². The van der Waals surface area contributed by atoms with Crippen molar-refractivity contribution >= 4 is 34.0 Å². The molecule has 1 aliphatic carbocycles. The molecule has 2 aliphatic heterocycles. The summed E-state index contributed by atoms with van der Waals surface area (Å²) in [7, 11) is -3.52. The zero-order chi connectivity index (χ0) is 18.3. The minimum Gasteiger partial charge on any atom is -0.310 e. The fourth-order valence-electron chi connectivity index (χ4n) is 4.73. The molecule has 27 heavy (non-hydrogen) atoms. The van der Waals surface area contributed by atoms with Gasteiger partial charge in [-0.05, 0) is 49.3 Å². The van der Waals surface area contributed by atoms with Gasteiger partial charge in [-0.3, -0.25) is 4.79 Å². The molecule has 3 unspecified atom stereocenters. The number of carbonyl (C=O) groups excluding carboxylic acids is 1. The molecule has 8 heteroatoms. The summed E-state index contributed by atoms with van der Waals surface area (Å²) in [5.41, 5.74) is 1.80. The normalized spacial score (nSPS) is 27.0.